The average molecular weight is 546 g/mol. The first-order valence-corrected chi connectivity index (χ1v) is 14.3. The van der Waals surface area contributed by atoms with Gasteiger partial charge in [-0.1, -0.05) is 45.6 Å². The van der Waals surface area contributed by atoms with Crippen LogP contribution in [0.2, 0.25) is 0 Å². The van der Waals surface area contributed by atoms with Crippen LogP contribution in [0.1, 0.15) is 87.7 Å². The van der Waals surface area contributed by atoms with E-state index in [1.54, 1.807) is 18.3 Å². The van der Waals surface area contributed by atoms with E-state index in [4.69, 9.17) is 16.1 Å². The Hall–Kier alpha value is -3.08. The molecule has 11 heteroatoms. The molecule has 2 aliphatic carbocycles. The molecule has 1 atom stereocenters. The SMILES string of the molecule is CC(C)C1=Cc2sc(CCC(=O)NC(CNC(=O)C(N)=NC=N)C3CCCCC3)nc2CC1.CCC(N)=O. The van der Waals surface area contributed by atoms with Crippen molar-refractivity contribution in [2.75, 3.05) is 6.54 Å². The summed E-state index contributed by atoms with van der Waals surface area (Å²) < 4.78 is 0. The van der Waals surface area contributed by atoms with E-state index < -0.39 is 5.91 Å². The standard InChI is InChI=1S/C24H36N6O2S.C3H7NO/c1-15(2)17-8-9-18-20(12-17)33-22(30-18)11-10-21(31)29-19(16-6-4-3-5-7-16)13-27-24(32)23(26)28-14-25;1-2-3(4)5/h12,14-16,19H,3-11,13H2,1-2H3,(H,27,32)(H,29,31)(H3,25,26,28);2H2,1H3,(H2,4,5). The van der Waals surface area contributed by atoms with Gasteiger partial charge in [0.2, 0.25) is 11.8 Å². The van der Waals surface area contributed by atoms with E-state index in [1.165, 1.54) is 16.9 Å². The summed E-state index contributed by atoms with van der Waals surface area (Å²) in [6.45, 7) is 6.48. The monoisotopic (exact) mass is 545 g/mol. The zero-order valence-electron chi connectivity index (χ0n) is 22.8. The Morgan fingerprint density at radius 3 is 2.50 bits per heavy atom. The first-order chi connectivity index (χ1) is 18.1. The Morgan fingerprint density at radius 2 is 1.89 bits per heavy atom. The number of rotatable bonds is 10. The van der Waals surface area contributed by atoms with E-state index in [0.717, 1.165) is 55.6 Å². The lowest BCUT2D eigenvalue weighted by molar-refractivity contribution is -0.122. The molecule has 2 aliphatic rings. The molecule has 1 saturated carbocycles. The van der Waals surface area contributed by atoms with Crippen LogP contribution in [0.5, 0.6) is 0 Å². The van der Waals surface area contributed by atoms with Gasteiger partial charge in [-0.15, -0.1) is 11.3 Å². The number of amidine groups is 1. The van der Waals surface area contributed by atoms with Gasteiger partial charge in [-0.05, 0) is 43.6 Å². The van der Waals surface area contributed by atoms with Gasteiger partial charge < -0.3 is 22.1 Å². The van der Waals surface area contributed by atoms with E-state index in [9.17, 15) is 14.4 Å². The molecule has 1 heterocycles. The molecule has 0 spiro atoms. The number of carbonyl (C=O) groups excluding carboxylic acids is 3. The normalized spacial score (nSPS) is 16.4. The number of primary amides is 1. The van der Waals surface area contributed by atoms with Gasteiger partial charge in [0, 0.05) is 31.8 Å². The molecule has 1 unspecified atom stereocenters. The van der Waals surface area contributed by atoms with E-state index in [0.29, 0.717) is 37.6 Å². The number of aryl methyl sites for hydroxylation is 2. The van der Waals surface area contributed by atoms with Crippen LogP contribution in [-0.4, -0.2) is 47.5 Å². The smallest absolute Gasteiger partial charge is 0.286 e. The van der Waals surface area contributed by atoms with Crippen LogP contribution < -0.4 is 22.1 Å². The van der Waals surface area contributed by atoms with Crippen molar-refractivity contribution in [2.24, 2.45) is 28.3 Å². The Bertz CT molecular complexity index is 1030. The maximum Gasteiger partial charge on any atom is 0.286 e. The van der Waals surface area contributed by atoms with Gasteiger partial charge in [0.25, 0.3) is 5.91 Å². The third kappa shape index (κ3) is 10.4. The fourth-order valence-electron chi connectivity index (χ4n) is 4.56. The molecule has 1 aromatic rings. The molecule has 0 aromatic carbocycles. The summed E-state index contributed by atoms with van der Waals surface area (Å²) in [5.41, 5.74) is 12.8. The second-order valence-corrected chi connectivity index (χ2v) is 11.2. The zero-order chi connectivity index (χ0) is 28.1. The van der Waals surface area contributed by atoms with Gasteiger partial charge in [0.05, 0.1) is 15.6 Å². The number of nitrogens with zero attached hydrogens (tertiary/aromatic N) is 2. The number of fused-ring (bicyclic) bond motifs is 1. The van der Waals surface area contributed by atoms with Crippen LogP contribution in [0.3, 0.4) is 0 Å². The Balaban J connectivity index is 0.000000926. The Kier molecular flexibility index (Phi) is 13.1. The summed E-state index contributed by atoms with van der Waals surface area (Å²) in [5, 5.41) is 13.9. The van der Waals surface area contributed by atoms with E-state index in [1.807, 2.05) is 0 Å². The average Bonchev–Trinajstić information content (AvgIpc) is 3.32. The molecule has 1 aromatic heterocycles. The van der Waals surface area contributed by atoms with E-state index >= 15 is 0 Å². The highest BCUT2D eigenvalue weighted by Crippen LogP contribution is 2.32. The van der Waals surface area contributed by atoms with Crippen LogP contribution in [0.25, 0.3) is 6.08 Å². The minimum atomic E-state index is -0.518. The number of aromatic nitrogens is 1. The number of nitrogens with two attached hydrogens (primary N) is 2. The number of hydrogen-bond acceptors (Lipinski definition) is 6. The largest absolute Gasteiger partial charge is 0.379 e. The van der Waals surface area contributed by atoms with Crippen molar-refractivity contribution in [1.29, 1.82) is 5.41 Å². The molecular weight excluding hydrogens is 502 g/mol. The summed E-state index contributed by atoms with van der Waals surface area (Å²) in [6.07, 6.45) is 12.1. The third-order valence-electron chi connectivity index (χ3n) is 6.88. The number of aliphatic imine (C=N–C) groups is 1. The van der Waals surface area contributed by atoms with Crippen molar-refractivity contribution in [3.05, 3.63) is 21.2 Å². The van der Waals surface area contributed by atoms with Crippen LogP contribution in [-0.2, 0) is 27.2 Å². The summed E-state index contributed by atoms with van der Waals surface area (Å²) in [4.78, 5) is 44.0. The molecular formula is C27H43N7O3S. The molecule has 0 bridgehead atoms. The molecule has 210 valence electrons. The van der Waals surface area contributed by atoms with Gasteiger partial charge in [0.15, 0.2) is 5.84 Å². The number of hydrogen-bond donors (Lipinski definition) is 5. The number of carbonyl (C=O) groups is 3. The molecule has 3 amide bonds. The first kappa shape index (κ1) is 31.1. The van der Waals surface area contributed by atoms with Crippen LogP contribution in [0.15, 0.2) is 10.6 Å². The summed E-state index contributed by atoms with van der Waals surface area (Å²) >= 11 is 1.70. The minimum Gasteiger partial charge on any atom is -0.379 e. The number of thiazole rings is 1. The first-order valence-electron chi connectivity index (χ1n) is 13.5. The molecule has 3 rings (SSSR count). The van der Waals surface area contributed by atoms with Crippen LogP contribution in [0, 0.1) is 17.2 Å². The number of amides is 3. The molecule has 0 saturated heterocycles. The number of nitrogens with one attached hydrogen (secondary N) is 3. The number of allylic oxidation sites excluding steroid dienone is 1. The van der Waals surface area contributed by atoms with Crippen LogP contribution in [0.4, 0.5) is 0 Å². The molecule has 7 N–H and O–H groups in total. The van der Waals surface area contributed by atoms with Crippen LogP contribution >= 0.6 is 11.3 Å². The topological polar surface area (TPSA) is 176 Å². The predicted octanol–water partition coefficient (Wildman–Crippen LogP) is 3.09. The molecule has 1 fully saturated rings. The highest BCUT2D eigenvalue weighted by Gasteiger charge is 2.26. The predicted molar refractivity (Wildman–Crippen MR) is 153 cm³/mol. The maximum absolute atomic E-state index is 12.8. The maximum atomic E-state index is 12.8. The molecule has 0 radical (unpaired) electrons. The van der Waals surface area contributed by atoms with Crippen molar-refractivity contribution >= 4 is 47.3 Å². The van der Waals surface area contributed by atoms with Gasteiger partial charge in [-0.25, -0.2) is 9.98 Å². The summed E-state index contributed by atoms with van der Waals surface area (Å²) in [6, 6.07) is -0.143. The Morgan fingerprint density at radius 1 is 1.21 bits per heavy atom. The fraction of sp³-hybridized carbons (Fsp3) is 0.630. The quantitative estimate of drug-likeness (QED) is 0.224. The van der Waals surface area contributed by atoms with Crippen molar-refractivity contribution in [1.82, 2.24) is 15.6 Å². The van der Waals surface area contributed by atoms with Crippen molar-refractivity contribution < 1.29 is 14.4 Å². The highest BCUT2D eigenvalue weighted by atomic mass is 32.1. The van der Waals surface area contributed by atoms with E-state index in [2.05, 4.69) is 41.3 Å². The zero-order valence-corrected chi connectivity index (χ0v) is 23.7. The van der Waals surface area contributed by atoms with Gasteiger partial charge >= 0.3 is 0 Å². The van der Waals surface area contributed by atoms with Gasteiger partial charge in [-0.2, -0.15) is 0 Å². The van der Waals surface area contributed by atoms with Gasteiger partial charge in [0.1, 0.15) is 6.34 Å². The molecule has 10 nitrogen and oxygen atoms in total. The lowest BCUT2D eigenvalue weighted by atomic mass is 9.83. The lowest BCUT2D eigenvalue weighted by Crippen LogP contribution is -2.50. The van der Waals surface area contributed by atoms with Crippen molar-refractivity contribution in [3.63, 3.8) is 0 Å². The Labute approximate surface area is 229 Å². The summed E-state index contributed by atoms with van der Waals surface area (Å²) in [7, 11) is 0. The molecule has 38 heavy (non-hydrogen) atoms. The second kappa shape index (κ2) is 16.0. The highest BCUT2D eigenvalue weighted by molar-refractivity contribution is 7.12. The van der Waals surface area contributed by atoms with Crippen molar-refractivity contribution in [3.8, 4) is 0 Å². The fourth-order valence-corrected chi connectivity index (χ4v) is 5.65. The lowest BCUT2D eigenvalue weighted by Gasteiger charge is -2.31. The summed E-state index contributed by atoms with van der Waals surface area (Å²) in [5.74, 6) is -0.150. The third-order valence-corrected chi connectivity index (χ3v) is 7.98. The minimum absolute atomic E-state index is 0.0208. The second-order valence-electron chi connectivity index (χ2n) is 10.0. The van der Waals surface area contributed by atoms with E-state index in [-0.39, 0.29) is 23.7 Å². The molecule has 0 aliphatic heterocycles. The van der Waals surface area contributed by atoms with Gasteiger partial charge in [-0.3, -0.25) is 19.8 Å². The van der Waals surface area contributed by atoms with Crippen molar-refractivity contribution in [2.45, 2.75) is 91.0 Å².